The molecule has 15 heavy (non-hydrogen) atoms. The van der Waals surface area contributed by atoms with E-state index in [4.69, 9.17) is 11.0 Å². The molecule has 0 aliphatic rings. The van der Waals surface area contributed by atoms with E-state index < -0.39 is 0 Å². The lowest BCUT2D eigenvalue weighted by Gasteiger charge is -2.04. The number of hydrogen-bond donors (Lipinski definition) is 1. The molecule has 2 heterocycles. The van der Waals surface area contributed by atoms with E-state index in [1.54, 1.807) is 17.1 Å². The van der Waals surface area contributed by atoms with Gasteiger partial charge < -0.3 is 5.73 Å². The van der Waals surface area contributed by atoms with Crippen LogP contribution in [-0.4, -0.2) is 14.8 Å². The molecule has 0 amide bonds. The smallest absolute Gasteiger partial charge is 0.157 e. The van der Waals surface area contributed by atoms with Gasteiger partial charge in [-0.3, -0.25) is 0 Å². The van der Waals surface area contributed by atoms with Crippen LogP contribution in [0.2, 0.25) is 0 Å². The number of nitrogens with zero attached hydrogens (tertiary/aromatic N) is 4. The third-order valence-corrected chi connectivity index (χ3v) is 2.02. The molecule has 0 fully saturated rings. The summed E-state index contributed by atoms with van der Waals surface area (Å²) in [5.74, 6) is 0.668. The minimum Gasteiger partial charge on any atom is -0.326 e. The van der Waals surface area contributed by atoms with E-state index in [1.807, 2.05) is 18.2 Å². The van der Waals surface area contributed by atoms with Gasteiger partial charge in [0.25, 0.3) is 0 Å². The maximum atomic E-state index is 8.68. The second-order valence-electron chi connectivity index (χ2n) is 2.98. The third kappa shape index (κ3) is 1.71. The first-order valence-corrected chi connectivity index (χ1v) is 4.44. The Bertz CT molecular complexity index is 509. The molecule has 0 aliphatic carbocycles. The maximum Gasteiger partial charge on any atom is 0.157 e. The van der Waals surface area contributed by atoms with Crippen molar-refractivity contribution in [3.8, 4) is 11.9 Å². The average molecular weight is 199 g/mol. The average Bonchev–Trinajstić information content (AvgIpc) is 2.77. The second kappa shape index (κ2) is 3.90. The van der Waals surface area contributed by atoms with E-state index in [-0.39, 0.29) is 0 Å². The molecule has 0 bridgehead atoms. The highest BCUT2D eigenvalue weighted by Gasteiger charge is 2.05. The zero-order valence-corrected chi connectivity index (χ0v) is 7.96. The Morgan fingerprint density at radius 1 is 1.53 bits per heavy atom. The molecule has 2 N–H and O–H groups in total. The molecule has 0 aliphatic heterocycles. The van der Waals surface area contributed by atoms with Crippen molar-refractivity contribution in [2.24, 2.45) is 5.73 Å². The fraction of sp³-hybridized carbons (Fsp3) is 0.100. The Labute approximate surface area is 86.8 Å². The minimum absolute atomic E-state index is 0.394. The maximum absolute atomic E-state index is 8.68. The molecule has 0 saturated carbocycles. The quantitative estimate of drug-likeness (QED) is 0.767. The number of nitriles is 1. The normalized spacial score (nSPS) is 9.87. The van der Waals surface area contributed by atoms with Crippen molar-refractivity contribution in [3.63, 3.8) is 0 Å². The van der Waals surface area contributed by atoms with Crippen molar-refractivity contribution in [1.29, 1.82) is 5.26 Å². The molecule has 0 atom stereocenters. The lowest BCUT2D eigenvalue weighted by atomic mass is 10.2. The van der Waals surface area contributed by atoms with Gasteiger partial charge in [-0.25, -0.2) is 9.67 Å². The van der Waals surface area contributed by atoms with Crippen LogP contribution >= 0.6 is 0 Å². The Kier molecular flexibility index (Phi) is 2.44. The highest BCUT2D eigenvalue weighted by molar-refractivity contribution is 5.34. The van der Waals surface area contributed by atoms with Crippen LogP contribution in [0, 0.1) is 11.3 Å². The summed E-state index contributed by atoms with van der Waals surface area (Å²) in [5, 5.41) is 12.7. The largest absolute Gasteiger partial charge is 0.326 e. The van der Waals surface area contributed by atoms with Gasteiger partial charge in [0.1, 0.15) is 6.07 Å². The van der Waals surface area contributed by atoms with Gasteiger partial charge in [0, 0.05) is 18.3 Å². The number of nitrogens with two attached hydrogens (primary N) is 1. The zero-order valence-electron chi connectivity index (χ0n) is 7.96. The summed E-state index contributed by atoms with van der Waals surface area (Å²) in [6.07, 6.45) is 4.79. The number of rotatable bonds is 2. The number of pyridine rings is 1. The Morgan fingerprint density at radius 3 is 3.07 bits per heavy atom. The topological polar surface area (TPSA) is 80.5 Å². The van der Waals surface area contributed by atoms with E-state index >= 15 is 0 Å². The molecule has 74 valence electrons. The van der Waals surface area contributed by atoms with Crippen LogP contribution in [-0.2, 0) is 6.54 Å². The Hall–Kier alpha value is -2.19. The number of hydrogen-bond acceptors (Lipinski definition) is 4. The van der Waals surface area contributed by atoms with Crippen LogP contribution in [0.15, 0.2) is 30.7 Å². The first-order valence-electron chi connectivity index (χ1n) is 4.44. The van der Waals surface area contributed by atoms with E-state index in [9.17, 15) is 0 Å². The summed E-state index contributed by atoms with van der Waals surface area (Å²) < 4.78 is 1.56. The first kappa shape index (κ1) is 9.37. The van der Waals surface area contributed by atoms with Gasteiger partial charge in [-0.05, 0) is 6.07 Å². The fourth-order valence-electron chi connectivity index (χ4n) is 1.29. The summed E-state index contributed by atoms with van der Waals surface area (Å²) in [6, 6.07) is 5.72. The molecule has 0 spiro atoms. The molecule has 0 saturated heterocycles. The van der Waals surface area contributed by atoms with Gasteiger partial charge in [0.2, 0.25) is 0 Å². The summed E-state index contributed by atoms with van der Waals surface area (Å²) in [4.78, 5) is 4.18. The van der Waals surface area contributed by atoms with Gasteiger partial charge in [0.15, 0.2) is 5.82 Å². The van der Waals surface area contributed by atoms with Crippen molar-refractivity contribution < 1.29 is 0 Å². The minimum atomic E-state index is 0.394. The lowest BCUT2D eigenvalue weighted by Crippen LogP contribution is -2.06. The lowest BCUT2D eigenvalue weighted by molar-refractivity contribution is 0.824. The molecular weight excluding hydrogens is 190 g/mol. The Morgan fingerprint density at radius 2 is 2.40 bits per heavy atom. The SMILES string of the molecule is N#Cc1cnn(-c2ncccc2CN)c1. The zero-order chi connectivity index (χ0) is 10.7. The van der Waals surface area contributed by atoms with Crippen LogP contribution in [0.5, 0.6) is 0 Å². The summed E-state index contributed by atoms with van der Waals surface area (Å²) in [5.41, 5.74) is 6.98. The molecule has 2 aromatic rings. The highest BCUT2D eigenvalue weighted by Crippen LogP contribution is 2.10. The van der Waals surface area contributed by atoms with Crippen molar-refractivity contribution >= 4 is 0 Å². The van der Waals surface area contributed by atoms with Gasteiger partial charge >= 0.3 is 0 Å². The second-order valence-corrected chi connectivity index (χ2v) is 2.98. The van der Waals surface area contributed by atoms with Crippen molar-refractivity contribution in [3.05, 3.63) is 41.9 Å². The standard InChI is InChI=1S/C10H9N5/c11-4-8-6-14-15(7-8)10-9(5-12)2-1-3-13-10/h1-3,6-7H,5,12H2. The molecule has 5 heteroatoms. The molecule has 5 nitrogen and oxygen atoms in total. The Balaban J connectivity index is 2.49. The summed E-state index contributed by atoms with van der Waals surface area (Å²) in [7, 11) is 0. The number of aromatic nitrogens is 3. The van der Waals surface area contributed by atoms with Crippen LogP contribution < -0.4 is 5.73 Å². The molecular formula is C10H9N5. The first-order chi connectivity index (χ1) is 7.35. The molecule has 0 aromatic carbocycles. The van der Waals surface area contributed by atoms with Crippen LogP contribution in [0.4, 0.5) is 0 Å². The third-order valence-electron chi connectivity index (χ3n) is 2.02. The highest BCUT2D eigenvalue weighted by atomic mass is 15.3. The molecule has 2 rings (SSSR count). The fourth-order valence-corrected chi connectivity index (χ4v) is 1.29. The molecule has 2 aromatic heterocycles. The van der Waals surface area contributed by atoms with Crippen LogP contribution in [0.3, 0.4) is 0 Å². The van der Waals surface area contributed by atoms with Gasteiger partial charge in [-0.2, -0.15) is 10.4 Å². The summed E-state index contributed by atoms with van der Waals surface area (Å²) in [6.45, 7) is 0.394. The predicted molar refractivity (Wildman–Crippen MR) is 54.0 cm³/mol. The van der Waals surface area contributed by atoms with Crippen molar-refractivity contribution in [2.75, 3.05) is 0 Å². The van der Waals surface area contributed by atoms with E-state index in [2.05, 4.69) is 10.1 Å². The summed E-state index contributed by atoms with van der Waals surface area (Å²) >= 11 is 0. The van der Waals surface area contributed by atoms with E-state index in [1.165, 1.54) is 6.20 Å². The van der Waals surface area contributed by atoms with Crippen molar-refractivity contribution in [1.82, 2.24) is 14.8 Å². The monoisotopic (exact) mass is 199 g/mol. The van der Waals surface area contributed by atoms with Gasteiger partial charge in [-0.15, -0.1) is 0 Å². The molecule has 0 radical (unpaired) electrons. The predicted octanol–water partition coefficient (Wildman–Crippen LogP) is 0.598. The molecule has 0 unspecified atom stereocenters. The van der Waals surface area contributed by atoms with Crippen molar-refractivity contribution in [2.45, 2.75) is 6.54 Å². The van der Waals surface area contributed by atoms with Gasteiger partial charge in [0.05, 0.1) is 18.0 Å². The van der Waals surface area contributed by atoms with E-state index in [0.717, 1.165) is 5.56 Å². The van der Waals surface area contributed by atoms with Gasteiger partial charge in [-0.1, -0.05) is 6.07 Å². The van der Waals surface area contributed by atoms with Crippen LogP contribution in [0.1, 0.15) is 11.1 Å². The van der Waals surface area contributed by atoms with Crippen LogP contribution in [0.25, 0.3) is 5.82 Å². The van der Waals surface area contributed by atoms with E-state index in [0.29, 0.717) is 17.9 Å².